The van der Waals surface area contributed by atoms with E-state index in [0.29, 0.717) is 6.04 Å². The number of hydrogen-bond donors (Lipinski definition) is 1. The van der Waals surface area contributed by atoms with Gasteiger partial charge >= 0.3 is 0 Å². The van der Waals surface area contributed by atoms with E-state index in [1.54, 1.807) is 11.3 Å². The quantitative estimate of drug-likeness (QED) is 0.668. The summed E-state index contributed by atoms with van der Waals surface area (Å²) in [4.78, 5) is 0. The fraction of sp³-hybridized carbons (Fsp3) is 0.400. The minimum Gasteiger partial charge on any atom is -0.312 e. The van der Waals surface area contributed by atoms with E-state index in [0.717, 1.165) is 6.42 Å². The maximum atomic E-state index is 3.27. The van der Waals surface area contributed by atoms with Crippen molar-refractivity contribution in [1.29, 1.82) is 0 Å². The second-order valence-corrected chi connectivity index (χ2v) is 5.46. The van der Waals surface area contributed by atoms with Gasteiger partial charge in [-0.05, 0) is 53.6 Å². The normalized spacial score (nSPS) is 11.9. The highest BCUT2D eigenvalue weighted by Crippen LogP contribution is 2.23. The molecule has 1 atom stereocenters. The number of rotatable bonds is 3. The zero-order chi connectivity index (χ0) is 9.68. The molecule has 0 fully saturated rings. The molecule has 1 N–H and O–H groups in total. The van der Waals surface area contributed by atoms with Crippen LogP contribution in [0.4, 0.5) is 0 Å². The Hall–Kier alpha value is -0.0500. The van der Waals surface area contributed by atoms with Crippen molar-refractivity contribution < 1.29 is 0 Å². The van der Waals surface area contributed by atoms with Gasteiger partial charge < -0.3 is 5.32 Å². The van der Waals surface area contributed by atoms with Crippen molar-refractivity contribution in [2.24, 2.45) is 0 Å². The molecule has 1 unspecified atom stereocenters. The topological polar surface area (TPSA) is 12.0 Å². The zero-order valence-electron chi connectivity index (χ0n) is 7.73. The molecule has 1 heterocycles. The Balaban J connectivity index is 2.70. The standard InChI is InChI=1S/C10H12INS/c1-3-4-5-9(12-2)8-6-10(11)13-7-8/h6-7,9,12H,5H2,1-2H3. The summed E-state index contributed by atoms with van der Waals surface area (Å²) in [5, 5.41) is 5.46. The lowest BCUT2D eigenvalue weighted by atomic mass is 10.1. The van der Waals surface area contributed by atoms with Crippen molar-refractivity contribution in [3.8, 4) is 11.8 Å². The zero-order valence-corrected chi connectivity index (χ0v) is 10.7. The van der Waals surface area contributed by atoms with Crippen molar-refractivity contribution in [2.45, 2.75) is 19.4 Å². The van der Waals surface area contributed by atoms with Crippen molar-refractivity contribution in [2.75, 3.05) is 7.05 Å². The molecule has 0 aromatic carbocycles. The first-order chi connectivity index (χ1) is 6.27. The first kappa shape index (κ1) is 11.0. The largest absolute Gasteiger partial charge is 0.312 e. The maximum absolute atomic E-state index is 3.27. The van der Waals surface area contributed by atoms with Crippen LogP contribution in [0.25, 0.3) is 0 Å². The van der Waals surface area contributed by atoms with Crippen LogP contribution in [-0.4, -0.2) is 7.05 Å². The molecular weight excluding hydrogens is 293 g/mol. The van der Waals surface area contributed by atoms with E-state index in [9.17, 15) is 0 Å². The molecule has 3 heteroatoms. The van der Waals surface area contributed by atoms with E-state index < -0.39 is 0 Å². The molecule has 0 aliphatic rings. The summed E-state index contributed by atoms with van der Waals surface area (Å²) in [5.41, 5.74) is 1.35. The monoisotopic (exact) mass is 305 g/mol. The van der Waals surface area contributed by atoms with Gasteiger partial charge in [0.15, 0.2) is 0 Å². The van der Waals surface area contributed by atoms with Gasteiger partial charge in [-0.15, -0.1) is 23.2 Å². The van der Waals surface area contributed by atoms with Gasteiger partial charge in [0.25, 0.3) is 0 Å². The van der Waals surface area contributed by atoms with Gasteiger partial charge in [-0.25, -0.2) is 0 Å². The molecule has 0 bridgehead atoms. The van der Waals surface area contributed by atoms with Crippen molar-refractivity contribution in [3.05, 3.63) is 19.9 Å². The fourth-order valence-corrected chi connectivity index (χ4v) is 2.52. The molecule has 0 saturated heterocycles. The summed E-state index contributed by atoms with van der Waals surface area (Å²) in [6.07, 6.45) is 0.889. The minimum absolute atomic E-state index is 0.382. The lowest BCUT2D eigenvalue weighted by Gasteiger charge is -2.10. The summed E-state index contributed by atoms with van der Waals surface area (Å²) >= 11 is 4.12. The Morgan fingerprint density at radius 3 is 2.92 bits per heavy atom. The fourth-order valence-electron chi connectivity index (χ4n) is 1.10. The van der Waals surface area contributed by atoms with Crippen LogP contribution in [0.3, 0.4) is 0 Å². The van der Waals surface area contributed by atoms with Gasteiger partial charge in [0.1, 0.15) is 0 Å². The average Bonchev–Trinajstić information content (AvgIpc) is 2.54. The van der Waals surface area contributed by atoms with Crippen LogP contribution >= 0.6 is 33.9 Å². The molecule has 0 saturated carbocycles. The molecule has 0 aliphatic carbocycles. The van der Waals surface area contributed by atoms with Crippen molar-refractivity contribution in [3.63, 3.8) is 0 Å². The molecule has 1 rings (SSSR count). The van der Waals surface area contributed by atoms with Gasteiger partial charge in [0.2, 0.25) is 0 Å². The molecule has 1 aromatic heterocycles. The summed E-state index contributed by atoms with van der Waals surface area (Å²) < 4.78 is 1.33. The third kappa shape index (κ3) is 3.29. The van der Waals surface area contributed by atoms with Crippen LogP contribution in [0.5, 0.6) is 0 Å². The van der Waals surface area contributed by atoms with E-state index in [1.807, 2.05) is 14.0 Å². The van der Waals surface area contributed by atoms with Crippen LogP contribution in [0.15, 0.2) is 11.4 Å². The van der Waals surface area contributed by atoms with Crippen LogP contribution in [0.2, 0.25) is 0 Å². The van der Waals surface area contributed by atoms with Crippen molar-refractivity contribution in [1.82, 2.24) is 5.32 Å². The van der Waals surface area contributed by atoms with Gasteiger partial charge in [0.05, 0.1) is 2.88 Å². The lowest BCUT2D eigenvalue weighted by Crippen LogP contribution is -2.14. The van der Waals surface area contributed by atoms with Crippen LogP contribution < -0.4 is 5.32 Å². The van der Waals surface area contributed by atoms with Crippen LogP contribution in [-0.2, 0) is 0 Å². The number of hydrogen-bond acceptors (Lipinski definition) is 2. The van der Waals surface area contributed by atoms with E-state index in [2.05, 4.69) is 51.2 Å². The SMILES string of the molecule is CC#CCC(NC)c1csc(I)c1. The highest BCUT2D eigenvalue weighted by atomic mass is 127. The third-order valence-electron chi connectivity index (χ3n) is 1.82. The van der Waals surface area contributed by atoms with Gasteiger partial charge in [0, 0.05) is 12.5 Å². The van der Waals surface area contributed by atoms with E-state index in [-0.39, 0.29) is 0 Å². The van der Waals surface area contributed by atoms with E-state index >= 15 is 0 Å². The molecule has 13 heavy (non-hydrogen) atoms. The molecule has 0 amide bonds. The van der Waals surface area contributed by atoms with Gasteiger partial charge in [-0.1, -0.05) is 0 Å². The molecule has 0 aliphatic heterocycles. The van der Waals surface area contributed by atoms with Gasteiger partial charge in [-0.2, -0.15) is 0 Å². The Bertz CT molecular complexity index is 321. The molecular formula is C10H12INS. The smallest absolute Gasteiger partial charge is 0.0656 e. The van der Waals surface area contributed by atoms with Crippen molar-refractivity contribution >= 4 is 33.9 Å². The molecule has 1 nitrogen and oxygen atoms in total. The number of halogens is 1. The Labute approximate surface area is 97.1 Å². The maximum Gasteiger partial charge on any atom is 0.0656 e. The summed E-state index contributed by atoms with van der Waals surface area (Å²) in [6, 6.07) is 2.59. The molecule has 1 aromatic rings. The Morgan fingerprint density at radius 2 is 2.46 bits per heavy atom. The van der Waals surface area contributed by atoms with E-state index in [1.165, 1.54) is 8.45 Å². The predicted octanol–water partition coefficient (Wildman–Crippen LogP) is 3.03. The highest BCUT2D eigenvalue weighted by Gasteiger charge is 2.08. The second-order valence-electron chi connectivity index (χ2n) is 2.66. The summed E-state index contributed by atoms with van der Waals surface area (Å²) in [5.74, 6) is 6.02. The summed E-state index contributed by atoms with van der Waals surface area (Å²) in [6.45, 7) is 1.88. The summed E-state index contributed by atoms with van der Waals surface area (Å²) in [7, 11) is 1.98. The first-order valence-corrected chi connectivity index (χ1v) is 6.04. The highest BCUT2D eigenvalue weighted by molar-refractivity contribution is 14.1. The van der Waals surface area contributed by atoms with Crippen LogP contribution in [0.1, 0.15) is 24.9 Å². The first-order valence-electron chi connectivity index (χ1n) is 4.08. The van der Waals surface area contributed by atoms with Gasteiger partial charge in [-0.3, -0.25) is 0 Å². The number of nitrogens with one attached hydrogen (secondary N) is 1. The van der Waals surface area contributed by atoms with Crippen LogP contribution in [0, 0.1) is 14.7 Å². The molecule has 70 valence electrons. The molecule has 0 spiro atoms. The third-order valence-corrected chi connectivity index (χ3v) is 3.63. The molecule has 0 radical (unpaired) electrons. The Morgan fingerprint density at radius 1 is 1.69 bits per heavy atom. The van der Waals surface area contributed by atoms with E-state index in [4.69, 9.17) is 0 Å². The Kier molecular flexibility index (Phi) is 4.78. The minimum atomic E-state index is 0.382. The lowest BCUT2D eigenvalue weighted by molar-refractivity contribution is 0.613. The average molecular weight is 305 g/mol. The second kappa shape index (κ2) is 5.63. The predicted molar refractivity (Wildman–Crippen MR) is 66.9 cm³/mol. The number of thiophene rings is 1.